The van der Waals surface area contributed by atoms with E-state index in [-0.39, 0.29) is 11.5 Å². The molecule has 0 bridgehead atoms. The third-order valence-electron chi connectivity index (χ3n) is 2.81. The summed E-state index contributed by atoms with van der Waals surface area (Å²) in [6.45, 7) is 0. The van der Waals surface area contributed by atoms with Crippen molar-refractivity contribution in [1.82, 2.24) is 9.78 Å². The van der Waals surface area contributed by atoms with Gasteiger partial charge in [-0.25, -0.2) is 8.42 Å². The van der Waals surface area contributed by atoms with Crippen LogP contribution in [0.25, 0.3) is 0 Å². The van der Waals surface area contributed by atoms with Crippen LogP contribution in [0.5, 0.6) is 0 Å². The summed E-state index contributed by atoms with van der Waals surface area (Å²) in [5, 5.41) is 13.2. The molecule has 2 heterocycles. The normalized spacial score (nSPS) is 22.3. The highest BCUT2D eigenvalue weighted by Gasteiger charge is 2.36. The van der Waals surface area contributed by atoms with E-state index in [0.29, 0.717) is 23.0 Å². The fourth-order valence-corrected chi connectivity index (χ4v) is 3.46. The Morgan fingerprint density at radius 1 is 1.40 bits per heavy atom. The molecule has 1 aliphatic heterocycles. The summed E-state index contributed by atoms with van der Waals surface area (Å²) in [6.07, 6.45) is 2.09. The van der Waals surface area contributed by atoms with Gasteiger partial charge in [0, 0.05) is 5.56 Å². The summed E-state index contributed by atoms with van der Waals surface area (Å²) in [6, 6.07) is 2.40. The van der Waals surface area contributed by atoms with Gasteiger partial charge in [0.05, 0.1) is 23.2 Å². The van der Waals surface area contributed by atoms with Crippen LogP contribution < -0.4 is 0 Å². The Morgan fingerprint density at radius 3 is 2.73 bits per heavy atom. The van der Waals surface area contributed by atoms with Gasteiger partial charge in [0.1, 0.15) is 11.8 Å². The molecule has 1 aromatic heterocycles. The number of rotatable bonds is 1. The van der Waals surface area contributed by atoms with Crippen LogP contribution in [-0.2, 0) is 21.3 Å². The van der Waals surface area contributed by atoms with E-state index < -0.39 is 9.84 Å². The maximum absolute atomic E-state index is 11.4. The molecule has 78 valence electrons. The second-order valence-corrected chi connectivity index (χ2v) is 6.16. The molecule has 0 radical (unpaired) electrons. The molecule has 0 atom stereocenters. The maximum atomic E-state index is 11.4. The number of hydrogen-bond donors (Lipinski definition) is 0. The standard InChI is InChI=1S/C9H9N3O2S/c10-3-9-7-4-15(13,14)5-8(7)11-12(9)6-1-2-6/h6H,1-2,4-5H2. The third-order valence-corrected chi connectivity index (χ3v) is 4.25. The Balaban J connectivity index is 2.16. The minimum absolute atomic E-state index is 0.00324. The van der Waals surface area contributed by atoms with Gasteiger partial charge in [0.25, 0.3) is 0 Å². The fourth-order valence-electron chi connectivity index (χ4n) is 1.96. The van der Waals surface area contributed by atoms with Crippen molar-refractivity contribution in [2.24, 2.45) is 0 Å². The Morgan fingerprint density at radius 2 is 2.13 bits per heavy atom. The van der Waals surface area contributed by atoms with Gasteiger partial charge in [-0.1, -0.05) is 0 Å². The van der Waals surface area contributed by atoms with Crippen LogP contribution in [0.4, 0.5) is 0 Å². The van der Waals surface area contributed by atoms with Gasteiger partial charge in [-0.2, -0.15) is 10.4 Å². The number of hydrogen-bond acceptors (Lipinski definition) is 4. The molecule has 1 aliphatic carbocycles. The maximum Gasteiger partial charge on any atom is 0.160 e. The Kier molecular flexibility index (Phi) is 1.55. The molecule has 1 aromatic rings. The second kappa shape index (κ2) is 2.61. The summed E-state index contributed by atoms with van der Waals surface area (Å²) >= 11 is 0. The van der Waals surface area contributed by atoms with Crippen molar-refractivity contribution in [3.63, 3.8) is 0 Å². The molecule has 0 saturated heterocycles. The van der Waals surface area contributed by atoms with Crippen molar-refractivity contribution < 1.29 is 8.42 Å². The second-order valence-electron chi connectivity index (χ2n) is 4.09. The van der Waals surface area contributed by atoms with E-state index >= 15 is 0 Å². The molecule has 1 fully saturated rings. The first-order chi connectivity index (χ1) is 7.11. The van der Waals surface area contributed by atoms with Gasteiger partial charge >= 0.3 is 0 Å². The van der Waals surface area contributed by atoms with E-state index in [0.717, 1.165) is 12.8 Å². The van der Waals surface area contributed by atoms with E-state index in [2.05, 4.69) is 11.2 Å². The van der Waals surface area contributed by atoms with E-state index in [1.807, 2.05) is 0 Å². The lowest BCUT2D eigenvalue weighted by molar-refractivity contribution is 0.592. The number of nitrogens with zero attached hydrogens (tertiary/aromatic N) is 3. The molecule has 0 N–H and O–H groups in total. The van der Waals surface area contributed by atoms with Gasteiger partial charge in [0.2, 0.25) is 0 Å². The first-order valence-electron chi connectivity index (χ1n) is 4.81. The van der Waals surface area contributed by atoms with Gasteiger partial charge < -0.3 is 0 Å². The first-order valence-corrected chi connectivity index (χ1v) is 6.63. The fraction of sp³-hybridized carbons (Fsp3) is 0.556. The molecule has 3 rings (SSSR count). The average molecular weight is 223 g/mol. The van der Waals surface area contributed by atoms with Crippen LogP contribution >= 0.6 is 0 Å². The monoisotopic (exact) mass is 223 g/mol. The third kappa shape index (κ3) is 1.27. The number of nitriles is 1. The molecule has 0 aromatic carbocycles. The van der Waals surface area contributed by atoms with Gasteiger partial charge in [-0.15, -0.1) is 0 Å². The lowest BCUT2D eigenvalue weighted by atomic mass is 10.2. The lowest BCUT2D eigenvalue weighted by Gasteiger charge is -2.00. The molecular weight excluding hydrogens is 214 g/mol. The number of sulfone groups is 1. The molecule has 0 spiro atoms. The highest BCUT2D eigenvalue weighted by Crippen LogP contribution is 2.38. The summed E-state index contributed by atoms with van der Waals surface area (Å²) in [7, 11) is -3.04. The van der Waals surface area contributed by atoms with Crippen molar-refractivity contribution in [2.45, 2.75) is 30.4 Å². The van der Waals surface area contributed by atoms with Gasteiger partial charge in [-0.3, -0.25) is 4.68 Å². The smallest absolute Gasteiger partial charge is 0.160 e. The van der Waals surface area contributed by atoms with Crippen molar-refractivity contribution in [3.8, 4) is 6.07 Å². The Bertz CT molecular complexity index is 575. The van der Waals surface area contributed by atoms with Crippen molar-refractivity contribution >= 4 is 9.84 Å². The molecule has 1 saturated carbocycles. The molecule has 2 aliphatic rings. The Hall–Kier alpha value is -1.35. The summed E-state index contributed by atoms with van der Waals surface area (Å²) in [5.74, 6) is -0.0192. The topological polar surface area (TPSA) is 75.8 Å². The number of aromatic nitrogens is 2. The molecule has 6 heteroatoms. The lowest BCUT2D eigenvalue weighted by Crippen LogP contribution is -2.05. The van der Waals surface area contributed by atoms with Crippen LogP contribution in [0.15, 0.2) is 0 Å². The zero-order valence-electron chi connectivity index (χ0n) is 7.97. The minimum atomic E-state index is -3.04. The summed E-state index contributed by atoms with van der Waals surface area (Å²) in [5.41, 5.74) is 1.66. The van der Waals surface area contributed by atoms with Crippen molar-refractivity contribution in [3.05, 3.63) is 17.0 Å². The number of fused-ring (bicyclic) bond motifs is 1. The van der Waals surface area contributed by atoms with Gasteiger partial charge in [-0.05, 0) is 12.8 Å². The van der Waals surface area contributed by atoms with Crippen LogP contribution in [0.2, 0.25) is 0 Å². The predicted molar refractivity (Wildman–Crippen MR) is 51.5 cm³/mol. The molecule has 0 amide bonds. The molecule has 5 nitrogen and oxygen atoms in total. The SMILES string of the molecule is N#Cc1c2c(nn1C1CC1)CS(=O)(=O)C2. The Labute approximate surface area is 87.2 Å². The van der Waals surface area contributed by atoms with E-state index in [1.54, 1.807) is 4.68 Å². The molecule has 0 unspecified atom stereocenters. The summed E-state index contributed by atoms with van der Waals surface area (Å²) < 4.78 is 24.4. The van der Waals surface area contributed by atoms with Crippen molar-refractivity contribution in [1.29, 1.82) is 5.26 Å². The van der Waals surface area contributed by atoms with Crippen molar-refractivity contribution in [2.75, 3.05) is 0 Å². The predicted octanol–water partition coefficient (Wildman–Crippen LogP) is 0.518. The van der Waals surface area contributed by atoms with Crippen LogP contribution in [-0.4, -0.2) is 18.2 Å². The zero-order valence-corrected chi connectivity index (χ0v) is 8.79. The summed E-state index contributed by atoms with van der Waals surface area (Å²) in [4.78, 5) is 0. The first kappa shape index (κ1) is 8.92. The van der Waals surface area contributed by atoms with E-state index in [9.17, 15) is 8.42 Å². The largest absolute Gasteiger partial charge is 0.251 e. The highest BCUT2D eigenvalue weighted by molar-refractivity contribution is 7.90. The average Bonchev–Trinajstić information content (AvgIpc) is 2.86. The molecular formula is C9H9N3O2S. The minimum Gasteiger partial charge on any atom is -0.251 e. The quantitative estimate of drug-likeness (QED) is 0.695. The van der Waals surface area contributed by atoms with Crippen LogP contribution in [0.1, 0.15) is 35.8 Å². The highest BCUT2D eigenvalue weighted by atomic mass is 32.2. The van der Waals surface area contributed by atoms with E-state index in [1.165, 1.54) is 0 Å². The van der Waals surface area contributed by atoms with E-state index in [4.69, 9.17) is 5.26 Å². The van der Waals surface area contributed by atoms with Crippen LogP contribution in [0.3, 0.4) is 0 Å². The zero-order chi connectivity index (χ0) is 10.6. The van der Waals surface area contributed by atoms with Gasteiger partial charge in [0.15, 0.2) is 9.84 Å². The van der Waals surface area contributed by atoms with Crippen LogP contribution in [0, 0.1) is 11.3 Å². The molecule has 15 heavy (non-hydrogen) atoms.